The first-order chi connectivity index (χ1) is 11.9. The van der Waals surface area contributed by atoms with Gasteiger partial charge in [-0.3, -0.25) is 14.3 Å². The highest BCUT2D eigenvalue weighted by Gasteiger charge is 2.35. The molecule has 0 radical (unpaired) electrons. The summed E-state index contributed by atoms with van der Waals surface area (Å²) in [5.41, 5.74) is 1.77. The molecular weight excluding hydrogens is 318 g/mol. The Labute approximate surface area is 147 Å². The lowest BCUT2D eigenvalue weighted by Gasteiger charge is -2.14. The van der Waals surface area contributed by atoms with Gasteiger partial charge in [-0.25, -0.2) is 4.98 Å². The van der Waals surface area contributed by atoms with E-state index >= 15 is 0 Å². The second-order valence-electron chi connectivity index (χ2n) is 6.93. The highest BCUT2D eigenvalue weighted by molar-refractivity contribution is 6.03. The number of aryl methyl sites for hydroxylation is 1. The van der Waals surface area contributed by atoms with Gasteiger partial charge >= 0.3 is 0 Å². The third-order valence-corrected chi connectivity index (χ3v) is 4.14. The van der Waals surface area contributed by atoms with E-state index in [2.05, 4.69) is 29.2 Å². The number of rotatable bonds is 5. The number of nitrogens with one attached hydrogen (secondary N) is 1. The normalized spacial score (nSPS) is 17.4. The molecule has 3 rings (SSSR count). The van der Waals surface area contributed by atoms with Crippen LogP contribution in [0.2, 0.25) is 0 Å². The van der Waals surface area contributed by atoms with Crippen LogP contribution in [0.4, 0.5) is 11.5 Å². The molecule has 3 heterocycles. The van der Waals surface area contributed by atoms with Gasteiger partial charge in [0.15, 0.2) is 0 Å². The lowest BCUT2D eigenvalue weighted by Crippen LogP contribution is -2.28. The average molecular weight is 341 g/mol. The van der Waals surface area contributed by atoms with Gasteiger partial charge in [0.05, 0.1) is 17.8 Å². The molecule has 0 aliphatic carbocycles. The van der Waals surface area contributed by atoms with Gasteiger partial charge in [-0.15, -0.1) is 0 Å². The van der Waals surface area contributed by atoms with Gasteiger partial charge in [-0.2, -0.15) is 5.10 Å². The maximum Gasteiger partial charge on any atom is 0.230 e. The number of hydrogen-bond donors (Lipinski definition) is 1. The van der Waals surface area contributed by atoms with Crippen molar-refractivity contribution in [2.24, 2.45) is 11.8 Å². The zero-order chi connectivity index (χ0) is 18.0. The highest BCUT2D eigenvalue weighted by Crippen LogP contribution is 2.25. The molecule has 7 nitrogen and oxygen atoms in total. The van der Waals surface area contributed by atoms with E-state index in [0.717, 1.165) is 17.8 Å². The van der Waals surface area contributed by atoms with Gasteiger partial charge < -0.3 is 10.2 Å². The standard InChI is InChI=1S/C18H23N5O2/c1-12(2)9-22-11-15(8-20-22)23-10-14(6-17(23)24)18(25)21-16-5-4-13(3)7-19-16/h4-5,7-8,11-12,14H,6,9-10H2,1-3H3,(H,19,21,25). The molecule has 0 saturated carbocycles. The maximum atomic E-state index is 12.4. The number of anilines is 2. The van der Waals surface area contributed by atoms with Crippen LogP contribution in [-0.2, 0) is 16.1 Å². The monoisotopic (exact) mass is 341 g/mol. The van der Waals surface area contributed by atoms with Crippen LogP contribution < -0.4 is 10.2 Å². The summed E-state index contributed by atoms with van der Waals surface area (Å²) in [5, 5.41) is 7.08. The minimum Gasteiger partial charge on any atom is -0.310 e. The predicted octanol–water partition coefficient (Wildman–Crippen LogP) is 2.23. The number of pyridine rings is 1. The predicted molar refractivity (Wildman–Crippen MR) is 95.1 cm³/mol. The van der Waals surface area contributed by atoms with Crippen molar-refractivity contribution in [3.63, 3.8) is 0 Å². The Morgan fingerprint density at radius 1 is 1.36 bits per heavy atom. The highest BCUT2D eigenvalue weighted by atomic mass is 16.2. The molecule has 2 amide bonds. The van der Waals surface area contributed by atoms with E-state index in [-0.39, 0.29) is 24.2 Å². The number of carbonyl (C=O) groups is 2. The van der Waals surface area contributed by atoms with Crippen molar-refractivity contribution in [2.45, 2.75) is 33.7 Å². The average Bonchev–Trinajstić information content (AvgIpc) is 3.15. The van der Waals surface area contributed by atoms with E-state index in [1.807, 2.05) is 23.9 Å². The minimum absolute atomic E-state index is 0.0545. The molecule has 2 aromatic heterocycles. The Kier molecular flexibility index (Phi) is 4.83. The molecule has 132 valence electrons. The van der Waals surface area contributed by atoms with Gasteiger partial charge in [0.25, 0.3) is 0 Å². The summed E-state index contributed by atoms with van der Waals surface area (Å²) in [6, 6.07) is 3.65. The van der Waals surface area contributed by atoms with Crippen LogP contribution in [0.1, 0.15) is 25.8 Å². The summed E-state index contributed by atoms with van der Waals surface area (Å²) in [4.78, 5) is 30.5. The van der Waals surface area contributed by atoms with Crippen molar-refractivity contribution in [3.8, 4) is 0 Å². The smallest absolute Gasteiger partial charge is 0.230 e. The number of carbonyl (C=O) groups excluding carboxylic acids is 2. The van der Waals surface area contributed by atoms with Gasteiger partial charge in [-0.1, -0.05) is 19.9 Å². The van der Waals surface area contributed by atoms with E-state index in [9.17, 15) is 9.59 Å². The third kappa shape index (κ3) is 4.04. The Bertz CT molecular complexity index is 766. The van der Waals surface area contributed by atoms with E-state index in [1.165, 1.54) is 0 Å². The number of nitrogens with zero attached hydrogens (tertiary/aromatic N) is 4. The first kappa shape index (κ1) is 17.1. The zero-order valence-corrected chi connectivity index (χ0v) is 14.8. The molecule has 1 aliphatic heterocycles. The van der Waals surface area contributed by atoms with Crippen molar-refractivity contribution >= 4 is 23.3 Å². The van der Waals surface area contributed by atoms with Crippen LogP contribution in [0.25, 0.3) is 0 Å². The molecule has 1 atom stereocenters. The molecule has 2 aromatic rings. The number of aromatic nitrogens is 3. The second kappa shape index (κ2) is 7.04. The Morgan fingerprint density at radius 3 is 2.84 bits per heavy atom. The summed E-state index contributed by atoms with van der Waals surface area (Å²) in [7, 11) is 0. The summed E-state index contributed by atoms with van der Waals surface area (Å²) in [5.74, 6) is 0.362. The van der Waals surface area contributed by atoms with Crippen LogP contribution in [0.3, 0.4) is 0 Å². The molecule has 0 bridgehead atoms. The first-order valence-electron chi connectivity index (χ1n) is 8.48. The van der Waals surface area contributed by atoms with Crippen LogP contribution in [0.5, 0.6) is 0 Å². The van der Waals surface area contributed by atoms with Crippen LogP contribution in [0.15, 0.2) is 30.7 Å². The van der Waals surface area contributed by atoms with Gasteiger partial charge in [0, 0.05) is 31.9 Å². The zero-order valence-electron chi connectivity index (χ0n) is 14.8. The maximum absolute atomic E-state index is 12.4. The molecule has 0 aromatic carbocycles. The lowest BCUT2D eigenvalue weighted by molar-refractivity contribution is -0.122. The molecule has 0 spiro atoms. The van der Waals surface area contributed by atoms with E-state index in [4.69, 9.17) is 0 Å². The SMILES string of the molecule is Cc1ccc(NC(=O)C2CC(=O)N(c3cnn(CC(C)C)c3)C2)nc1. The Morgan fingerprint density at radius 2 is 2.16 bits per heavy atom. The Balaban J connectivity index is 1.64. The van der Waals surface area contributed by atoms with Crippen molar-refractivity contribution in [1.82, 2.24) is 14.8 Å². The second-order valence-corrected chi connectivity index (χ2v) is 6.93. The molecule has 25 heavy (non-hydrogen) atoms. The molecule has 1 aliphatic rings. The fourth-order valence-corrected chi connectivity index (χ4v) is 2.87. The molecule has 1 saturated heterocycles. The topological polar surface area (TPSA) is 80.1 Å². The van der Waals surface area contributed by atoms with Gasteiger partial charge in [0.1, 0.15) is 5.82 Å². The third-order valence-electron chi connectivity index (χ3n) is 4.14. The van der Waals surface area contributed by atoms with Crippen molar-refractivity contribution in [3.05, 3.63) is 36.3 Å². The number of amides is 2. The van der Waals surface area contributed by atoms with Gasteiger partial charge in [-0.05, 0) is 24.5 Å². The molecule has 1 unspecified atom stereocenters. The summed E-state index contributed by atoms with van der Waals surface area (Å²) in [6.45, 7) is 7.32. The largest absolute Gasteiger partial charge is 0.310 e. The fourth-order valence-electron chi connectivity index (χ4n) is 2.87. The van der Waals surface area contributed by atoms with E-state index < -0.39 is 0 Å². The van der Waals surface area contributed by atoms with E-state index in [1.54, 1.807) is 23.4 Å². The minimum atomic E-state index is -0.385. The Hall–Kier alpha value is -2.70. The van der Waals surface area contributed by atoms with Crippen LogP contribution >= 0.6 is 0 Å². The lowest BCUT2D eigenvalue weighted by atomic mass is 10.1. The first-order valence-corrected chi connectivity index (χ1v) is 8.48. The molecule has 7 heteroatoms. The quantitative estimate of drug-likeness (QED) is 0.904. The van der Waals surface area contributed by atoms with Gasteiger partial charge in [0.2, 0.25) is 11.8 Å². The molecule has 1 fully saturated rings. The van der Waals surface area contributed by atoms with E-state index in [0.29, 0.717) is 18.3 Å². The van der Waals surface area contributed by atoms with Crippen molar-refractivity contribution < 1.29 is 9.59 Å². The molecular formula is C18H23N5O2. The van der Waals surface area contributed by atoms with Crippen LogP contribution in [0, 0.1) is 18.8 Å². The summed E-state index contributed by atoms with van der Waals surface area (Å²) >= 11 is 0. The molecule has 1 N–H and O–H groups in total. The van der Waals surface area contributed by atoms with Crippen molar-refractivity contribution in [1.29, 1.82) is 0 Å². The number of hydrogen-bond acceptors (Lipinski definition) is 4. The fraction of sp³-hybridized carbons (Fsp3) is 0.444. The van der Waals surface area contributed by atoms with Crippen LogP contribution in [-0.4, -0.2) is 33.1 Å². The summed E-state index contributed by atoms with van der Waals surface area (Å²) in [6.07, 6.45) is 5.44. The van der Waals surface area contributed by atoms with Crippen molar-refractivity contribution in [2.75, 3.05) is 16.8 Å². The summed E-state index contributed by atoms with van der Waals surface area (Å²) < 4.78 is 1.83.